The summed E-state index contributed by atoms with van der Waals surface area (Å²) in [7, 11) is 0. The van der Waals surface area contributed by atoms with Crippen LogP contribution in [-0.2, 0) is 18.4 Å². The molecule has 0 unspecified atom stereocenters. The molecule has 0 N–H and O–H groups in total. The van der Waals surface area contributed by atoms with Crippen LogP contribution in [0.4, 0.5) is 0 Å². The average molecular weight is 411 g/mol. The second-order valence-corrected chi connectivity index (χ2v) is 10.4. The molecule has 0 bridgehead atoms. The Bertz CT molecular complexity index is 925. The number of nitrogens with zero attached hydrogens (tertiary/aromatic N) is 2. The van der Waals surface area contributed by atoms with Crippen molar-refractivity contribution in [3.05, 3.63) is 45.7 Å². The Hall–Kier alpha value is -1.55. The van der Waals surface area contributed by atoms with Gasteiger partial charge in [0.1, 0.15) is 0 Å². The van der Waals surface area contributed by atoms with Crippen molar-refractivity contribution >= 4 is 11.8 Å². The van der Waals surface area contributed by atoms with Crippen LogP contribution in [0.25, 0.3) is 11.3 Å². The highest BCUT2D eigenvalue weighted by molar-refractivity contribution is 7.99. The molecule has 4 heteroatoms. The van der Waals surface area contributed by atoms with Crippen LogP contribution in [0.15, 0.2) is 34.2 Å². The largest absolute Gasteiger partial charge is 0.287 e. The van der Waals surface area contributed by atoms with E-state index in [1.54, 1.807) is 11.8 Å². The smallest absolute Gasteiger partial charge is 0.258 e. The van der Waals surface area contributed by atoms with E-state index in [1.807, 2.05) is 4.57 Å². The lowest BCUT2D eigenvalue weighted by Crippen LogP contribution is -2.43. The molecule has 2 aliphatic rings. The minimum Gasteiger partial charge on any atom is -0.287 e. The number of fused-ring (bicyclic) bond motifs is 4. The molecule has 3 nitrogen and oxygen atoms in total. The van der Waals surface area contributed by atoms with Crippen molar-refractivity contribution < 1.29 is 0 Å². The molecule has 2 aromatic rings. The molecule has 1 spiro atoms. The van der Waals surface area contributed by atoms with E-state index in [4.69, 9.17) is 4.98 Å². The zero-order valence-electron chi connectivity index (χ0n) is 18.2. The molecule has 0 atom stereocenters. The predicted molar refractivity (Wildman–Crippen MR) is 123 cm³/mol. The molecule has 1 heterocycles. The molecule has 156 valence electrons. The number of rotatable bonds is 6. The summed E-state index contributed by atoms with van der Waals surface area (Å²) in [6.07, 6.45) is 9.29. The van der Waals surface area contributed by atoms with E-state index >= 15 is 0 Å². The van der Waals surface area contributed by atoms with Gasteiger partial charge in [0.2, 0.25) is 0 Å². The first-order valence-electron chi connectivity index (χ1n) is 11.4. The highest BCUT2D eigenvalue weighted by Crippen LogP contribution is 2.48. The van der Waals surface area contributed by atoms with Crippen LogP contribution in [-0.4, -0.2) is 15.3 Å². The fraction of sp³-hybridized carbons (Fsp3) is 0.600. The van der Waals surface area contributed by atoms with Crippen LogP contribution < -0.4 is 5.56 Å². The number of unbranched alkanes of at least 4 members (excludes halogenated alkanes) is 1. The lowest BCUT2D eigenvalue weighted by Gasteiger charge is -2.42. The fourth-order valence-corrected chi connectivity index (χ4v) is 6.25. The third-order valence-electron chi connectivity index (χ3n) is 6.55. The minimum atomic E-state index is -0.0165. The van der Waals surface area contributed by atoms with E-state index in [-0.39, 0.29) is 11.0 Å². The van der Waals surface area contributed by atoms with Gasteiger partial charge in [-0.3, -0.25) is 9.36 Å². The number of hydrogen-bond acceptors (Lipinski definition) is 3. The van der Waals surface area contributed by atoms with Crippen molar-refractivity contribution in [1.29, 1.82) is 0 Å². The van der Waals surface area contributed by atoms with Gasteiger partial charge in [0.15, 0.2) is 5.16 Å². The number of hydrogen-bond donors (Lipinski definition) is 0. The second-order valence-electron chi connectivity index (χ2n) is 9.30. The first-order valence-corrected chi connectivity index (χ1v) is 12.4. The summed E-state index contributed by atoms with van der Waals surface area (Å²) in [6.45, 7) is 7.35. The van der Waals surface area contributed by atoms with Crippen molar-refractivity contribution in [2.75, 3.05) is 5.75 Å². The molecular weight excluding hydrogens is 376 g/mol. The number of aromatic nitrogens is 2. The lowest BCUT2D eigenvalue weighted by molar-refractivity contribution is 0.281. The quantitative estimate of drug-likeness (QED) is 0.322. The van der Waals surface area contributed by atoms with Gasteiger partial charge in [-0.1, -0.05) is 82.5 Å². The van der Waals surface area contributed by atoms with Crippen LogP contribution in [0.2, 0.25) is 0 Å². The molecule has 4 rings (SSSR count). The highest BCUT2D eigenvalue weighted by Gasteiger charge is 2.43. The first kappa shape index (κ1) is 20.7. The topological polar surface area (TPSA) is 34.9 Å². The van der Waals surface area contributed by atoms with Gasteiger partial charge in [0.05, 0.1) is 11.3 Å². The Kier molecular flexibility index (Phi) is 6.19. The Labute approximate surface area is 179 Å². The van der Waals surface area contributed by atoms with Gasteiger partial charge in [0, 0.05) is 23.3 Å². The Morgan fingerprint density at radius 2 is 1.93 bits per heavy atom. The van der Waals surface area contributed by atoms with Gasteiger partial charge in [-0.2, -0.15) is 0 Å². The summed E-state index contributed by atoms with van der Waals surface area (Å²) in [4.78, 5) is 19.2. The van der Waals surface area contributed by atoms with Crippen LogP contribution in [0.1, 0.15) is 76.8 Å². The van der Waals surface area contributed by atoms with Crippen molar-refractivity contribution in [1.82, 2.24) is 9.55 Å². The van der Waals surface area contributed by atoms with Crippen LogP contribution >= 0.6 is 11.8 Å². The van der Waals surface area contributed by atoms with Gasteiger partial charge in [-0.05, 0) is 37.2 Å². The molecule has 0 aliphatic heterocycles. The van der Waals surface area contributed by atoms with Crippen LogP contribution in [0.5, 0.6) is 0 Å². The van der Waals surface area contributed by atoms with E-state index in [2.05, 4.69) is 45.0 Å². The van der Waals surface area contributed by atoms with E-state index in [0.717, 1.165) is 60.8 Å². The summed E-state index contributed by atoms with van der Waals surface area (Å²) in [5, 5.41) is 0.915. The molecule has 0 amide bonds. The molecule has 1 aromatic heterocycles. The predicted octanol–water partition coefficient (Wildman–Crippen LogP) is 6.22. The molecule has 1 aromatic carbocycles. The summed E-state index contributed by atoms with van der Waals surface area (Å²) in [5.41, 5.74) is 4.79. The average Bonchev–Trinajstić information content (AvgIpc) is 2.71. The fourth-order valence-electron chi connectivity index (χ4n) is 5.17. The molecule has 2 aliphatic carbocycles. The van der Waals surface area contributed by atoms with E-state index in [0.29, 0.717) is 5.92 Å². The van der Waals surface area contributed by atoms with Gasteiger partial charge in [-0.15, -0.1) is 0 Å². The molecule has 1 fully saturated rings. The monoisotopic (exact) mass is 410 g/mol. The van der Waals surface area contributed by atoms with E-state index in [1.165, 1.54) is 30.4 Å². The maximum Gasteiger partial charge on any atom is 0.258 e. The molecule has 0 radical (unpaired) electrons. The zero-order valence-corrected chi connectivity index (χ0v) is 19.0. The van der Waals surface area contributed by atoms with Crippen molar-refractivity contribution in [2.45, 2.75) is 89.3 Å². The normalized spacial score (nSPS) is 17.4. The van der Waals surface area contributed by atoms with Crippen molar-refractivity contribution in [3.8, 4) is 11.3 Å². The summed E-state index contributed by atoms with van der Waals surface area (Å²) < 4.78 is 2.01. The lowest BCUT2D eigenvalue weighted by atomic mass is 9.62. The first-order chi connectivity index (χ1) is 14.1. The standard InChI is InChI=1S/C25H34N2OS/c1-4-5-15-29-24-26-22-20-12-8-7-11-19(20)16-25(13-9-6-10-14-25)21(22)23(28)27(24)17-18(2)3/h7-8,11-12,18H,4-6,9-10,13-17H2,1-3H3. The third kappa shape index (κ3) is 3.93. The second kappa shape index (κ2) is 8.67. The third-order valence-corrected chi connectivity index (χ3v) is 7.62. The van der Waals surface area contributed by atoms with Gasteiger partial charge >= 0.3 is 0 Å². The number of thioether (sulfide) groups is 1. The Morgan fingerprint density at radius 3 is 2.66 bits per heavy atom. The number of benzene rings is 1. The molecule has 29 heavy (non-hydrogen) atoms. The van der Waals surface area contributed by atoms with Crippen molar-refractivity contribution in [2.24, 2.45) is 5.92 Å². The summed E-state index contributed by atoms with van der Waals surface area (Å²) in [5.74, 6) is 1.45. The van der Waals surface area contributed by atoms with Gasteiger partial charge in [-0.25, -0.2) is 4.98 Å². The van der Waals surface area contributed by atoms with E-state index in [9.17, 15) is 4.79 Å². The Balaban J connectivity index is 1.93. The maximum atomic E-state index is 14.0. The van der Waals surface area contributed by atoms with Gasteiger partial charge in [0.25, 0.3) is 5.56 Å². The zero-order chi connectivity index (χ0) is 20.4. The maximum absolute atomic E-state index is 14.0. The molecule has 1 saturated carbocycles. The van der Waals surface area contributed by atoms with Crippen LogP contribution in [0, 0.1) is 5.92 Å². The van der Waals surface area contributed by atoms with Gasteiger partial charge < -0.3 is 0 Å². The Morgan fingerprint density at radius 1 is 1.17 bits per heavy atom. The van der Waals surface area contributed by atoms with Crippen molar-refractivity contribution in [3.63, 3.8) is 0 Å². The summed E-state index contributed by atoms with van der Waals surface area (Å²) in [6, 6.07) is 8.65. The molecular formula is C25H34N2OS. The minimum absolute atomic E-state index is 0.0165. The SMILES string of the molecule is CCCCSc1nc2c(c(=O)n1CC(C)C)C1(CCCCC1)Cc1ccccc1-2. The van der Waals surface area contributed by atoms with Crippen LogP contribution in [0.3, 0.4) is 0 Å². The van der Waals surface area contributed by atoms with E-state index < -0.39 is 0 Å². The molecule has 0 saturated heterocycles. The summed E-state index contributed by atoms with van der Waals surface area (Å²) >= 11 is 1.76. The highest BCUT2D eigenvalue weighted by atomic mass is 32.2.